The Labute approximate surface area is 114 Å². The van der Waals surface area contributed by atoms with Crippen molar-refractivity contribution in [3.63, 3.8) is 0 Å². The average Bonchev–Trinajstić information content (AvgIpc) is 2.46. The molecule has 0 aliphatic carbocycles. The number of nitrogens with one attached hydrogen (secondary N) is 1. The topological polar surface area (TPSA) is 35.8 Å². The molecular formula is C17H18N2. The van der Waals surface area contributed by atoms with Crippen LogP contribution in [0.1, 0.15) is 35.2 Å². The summed E-state index contributed by atoms with van der Waals surface area (Å²) in [6.07, 6.45) is 0. The van der Waals surface area contributed by atoms with E-state index in [1.807, 2.05) is 24.3 Å². The van der Waals surface area contributed by atoms with Gasteiger partial charge in [-0.25, -0.2) is 0 Å². The van der Waals surface area contributed by atoms with Gasteiger partial charge in [-0.2, -0.15) is 5.26 Å². The summed E-state index contributed by atoms with van der Waals surface area (Å²) in [5.74, 6) is 0. The van der Waals surface area contributed by atoms with E-state index in [4.69, 9.17) is 5.26 Å². The fourth-order valence-corrected chi connectivity index (χ4v) is 2.04. The lowest BCUT2D eigenvalue weighted by Gasteiger charge is -2.15. The summed E-state index contributed by atoms with van der Waals surface area (Å²) in [7, 11) is 0. The maximum Gasteiger partial charge on any atom is 0.0991 e. The fourth-order valence-electron chi connectivity index (χ4n) is 2.04. The van der Waals surface area contributed by atoms with E-state index >= 15 is 0 Å². The van der Waals surface area contributed by atoms with Crippen LogP contribution in [0.5, 0.6) is 0 Å². The lowest BCUT2D eigenvalue weighted by Crippen LogP contribution is -2.18. The van der Waals surface area contributed by atoms with Crippen molar-refractivity contribution in [2.24, 2.45) is 0 Å². The molecule has 0 fully saturated rings. The molecule has 1 atom stereocenters. The van der Waals surface area contributed by atoms with Crippen LogP contribution in [-0.2, 0) is 6.54 Å². The molecule has 0 unspecified atom stereocenters. The first kappa shape index (κ1) is 13.3. The molecule has 2 heteroatoms. The molecular weight excluding hydrogens is 232 g/mol. The van der Waals surface area contributed by atoms with Gasteiger partial charge in [0.05, 0.1) is 11.6 Å². The highest BCUT2D eigenvalue weighted by Crippen LogP contribution is 2.15. The normalized spacial score (nSPS) is 11.8. The molecule has 0 bridgehead atoms. The maximum absolute atomic E-state index is 8.78. The molecule has 96 valence electrons. The van der Waals surface area contributed by atoms with Gasteiger partial charge in [0.2, 0.25) is 0 Å². The van der Waals surface area contributed by atoms with Gasteiger partial charge in [0.1, 0.15) is 0 Å². The van der Waals surface area contributed by atoms with Crippen molar-refractivity contribution in [3.05, 3.63) is 70.8 Å². The van der Waals surface area contributed by atoms with Gasteiger partial charge in [-0.3, -0.25) is 0 Å². The molecule has 0 radical (unpaired) electrons. The minimum atomic E-state index is 0.271. The molecule has 0 heterocycles. The number of rotatable bonds is 4. The zero-order chi connectivity index (χ0) is 13.7. The van der Waals surface area contributed by atoms with Crippen LogP contribution in [0.15, 0.2) is 48.5 Å². The van der Waals surface area contributed by atoms with Crippen molar-refractivity contribution in [2.45, 2.75) is 26.4 Å². The third-order valence-corrected chi connectivity index (χ3v) is 3.40. The third kappa shape index (κ3) is 3.43. The van der Waals surface area contributed by atoms with Gasteiger partial charge in [0.15, 0.2) is 0 Å². The maximum atomic E-state index is 8.78. The first-order valence-electron chi connectivity index (χ1n) is 6.48. The number of hydrogen-bond acceptors (Lipinski definition) is 2. The molecule has 0 spiro atoms. The van der Waals surface area contributed by atoms with Crippen molar-refractivity contribution in [1.29, 1.82) is 5.26 Å². The summed E-state index contributed by atoms with van der Waals surface area (Å²) < 4.78 is 0. The van der Waals surface area contributed by atoms with Crippen LogP contribution in [0.3, 0.4) is 0 Å². The molecule has 0 saturated carbocycles. The SMILES string of the molecule is Cc1ccccc1CN[C@H](C)c1ccc(C#N)cc1. The predicted molar refractivity (Wildman–Crippen MR) is 77.6 cm³/mol. The highest BCUT2D eigenvalue weighted by atomic mass is 14.9. The second kappa shape index (κ2) is 6.17. The van der Waals surface area contributed by atoms with Gasteiger partial charge in [-0.05, 0) is 42.7 Å². The van der Waals surface area contributed by atoms with Crippen LogP contribution in [0, 0.1) is 18.3 Å². The Hall–Kier alpha value is -2.11. The summed E-state index contributed by atoms with van der Waals surface area (Å²) in [6.45, 7) is 5.12. The van der Waals surface area contributed by atoms with E-state index < -0.39 is 0 Å². The fraction of sp³-hybridized carbons (Fsp3) is 0.235. The Morgan fingerprint density at radius 3 is 2.42 bits per heavy atom. The van der Waals surface area contributed by atoms with E-state index in [0.717, 1.165) is 6.54 Å². The largest absolute Gasteiger partial charge is 0.306 e. The molecule has 2 aromatic rings. The summed E-state index contributed by atoms with van der Waals surface area (Å²) in [4.78, 5) is 0. The van der Waals surface area contributed by atoms with Gasteiger partial charge in [0.25, 0.3) is 0 Å². The van der Waals surface area contributed by atoms with Crippen molar-refractivity contribution >= 4 is 0 Å². The van der Waals surface area contributed by atoms with Crippen LogP contribution < -0.4 is 5.32 Å². The smallest absolute Gasteiger partial charge is 0.0991 e. The van der Waals surface area contributed by atoms with E-state index in [2.05, 4.69) is 49.5 Å². The van der Waals surface area contributed by atoms with Crippen LogP contribution in [0.25, 0.3) is 0 Å². The number of nitriles is 1. The van der Waals surface area contributed by atoms with Gasteiger partial charge in [0, 0.05) is 12.6 Å². The highest BCUT2D eigenvalue weighted by Gasteiger charge is 2.05. The van der Waals surface area contributed by atoms with Crippen LogP contribution in [-0.4, -0.2) is 0 Å². The van der Waals surface area contributed by atoms with Gasteiger partial charge in [-0.15, -0.1) is 0 Å². The van der Waals surface area contributed by atoms with E-state index in [-0.39, 0.29) is 6.04 Å². The number of benzene rings is 2. The van der Waals surface area contributed by atoms with Gasteiger partial charge in [-0.1, -0.05) is 36.4 Å². The predicted octanol–water partition coefficient (Wildman–Crippen LogP) is 3.72. The van der Waals surface area contributed by atoms with E-state index in [0.29, 0.717) is 5.56 Å². The third-order valence-electron chi connectivity index (χ3n) is 3.40. The molecule has 0 aliphatic heterocycles. The van der Waals surface area contributed by atoms with Crippen molar-refractivity contribution in [2.75, 3.05) is 0 Å². The van der Waals surface area contributed by atoms with Gasteiger partial charge < -0.3 is 5.32 Å². The highest BCUT2D eigenvalue weighted by molar-refractivity contribution is 5.33. The lowest BCUT2D eigenvalue weighted by molar-refractivity contribution is 0.573. The molecule has 2 rings (SSSR count). The Morgan fingerprint density at radius 1 is 1.11 bits per heavy atom. The molecule has 0 saturated heterocycles. The first-order valence-corrected chi connectivity index (χ1v) is 6.48. The van der Waals surface area contributed by atoms with Crippen LogP contribution in [0.4, 0.5) is 0 Å². The molecule has 2 aromatic carbocycles. The summed E-state index contributed by atoms with van der Waals surface area (Å²) >= 11 is 0. The molecule has 2 nitrogen and oxygen atoms in total. The van der Waals surface area contributed by atoms with Gasteiger partial charge >= 0.3 is 0 Å². The molecule has 0 aliphatic rings. The lowest BCUT2D eigenvalue weighted by atomic mass is 10.1. The van der Waals surface area contributed by atoms with E-state index in [1.54, 1.807) is 0 Å². The van der Waals surface area contributed by atoms with E-state index in [9.17, 15) is 0 Å². The monoisotopic (exact) mass is 250 g/mol. The average molecular weight is 250 g/mol. The molecule has 0 amide bonds. The zero-order valence-electron chi connectivity index (χ0n) is 11.4. The minimum Gasteiger partial charge on any atom is -0.306 e. The molecule has 19 heavy (non-hydrogen) atoms. The van der Waals surface area contributed by atoms with Crippen molar-refractivity contribution in [3.8, 4) is 6.07 Å². The Kier molecular flexibility index (Phi) is 4.33. The van der Waals surface area contributed by atoms with Crippen molar-refractivity contribution < 1.29 is 0 Å². The second-order valence-corrected chi connectivity index (χ2v) is 4.76. The quantitative estimate of drug-likeness (QED) is 0.897. The van der Waals surface area contributed by atoms with Crippen LogP contribution >= 0.6 is 0 Å². The molecule has 0 aromatic heterocycles. The van der Waals surface area contributed by atoms with Crippen LogP contribution in [0.2, 0.25) is 0 Å². The number of nitrogens with zero attached hydrogens (tertiary/aromatic N) is 1. The van der Waals surface area contributed by atoms with E-state index in [1.165, 1.54) is 16.7 Å². The summed E-state index contributed by atoms with van der Waals surface area (Å²) in [6, 6.07) is 18.5. The minimum absolute atomic E-state index is 0.271. The summed E-state index contributed by atoms with van der Waals surface area (Å²) in [5, 5.41) is 12.3. The Bertz CT molecular complexity index is 579. The standard InChI is InChI=1S/C17H18N2/c1-13-5-3-4-6-17(13)12-19-14(2)16-9-7-15(11-18)8-10-16/h3-10,14,19H,12H2,1-2H3/t14-/m1/s1. The van der Waals surface area contributed by atoms with Crippen molar-refractivity contribution in [1.82, 2.24) is 5.32 Å². The Balaban J connectivity index is 1.99. The number of hydrogen-bond donors (Lipinski definition) is 1. The molecule has 1 N–H and O–H groups in total. The first-order chi connectivity index (χ1) is 9.20. The Morgan fingerprint density at radius 2 is 1.79 bits per heavy atom. The second-order valence-electron chi connectivity index (χ2n) is 4.76. The zero-order valence-corrected chi connectivity index (χ0v) is 11.4. The number of aryl methyl sites for hydroxylation is 1. The summed E-state index contributed by atoms with van der Waals surface area (Å²) in [5.41, 5.74) is 4.53.